The second kappa shape index (κ2) is 2.19. The summed E-state index contributed by atoms with van der Waals surface area (Å²) in [5, 5.41) is 11.4. The summed E-state index contributed by atoms with van der Waals surface area (Å²) in [7, 11) is 0. The summed E-state index contributed by atoms with van der Waals surface area (Å²) in [6, 6.07) is -0.0880. The number of amides is 1. The molecule has 0 radical (unpaired) electrons. The summed E-state index contributed by atoms with van der Waals surface area (Å²) in [5.41, 5.74) is 0. The van der Waals surface area contributed by atoms with E-state index in [1.54, 1.807) is 6.08 Å². The van der Waals surface area contributed by atoms with Crippen molar-refractivity contribution < 1.29 is 9.90 Å². The molecule has 3 heteroatoms. The van der Waals surface area contributed by atoms with Gasteiger partial charge in [0, 0.05) is 0 Å². The van der Waals surface area contributed by atoms with Crippen LogP contribution >= 0.6 is 0 Å². The van der Waals surface area contributed by atoms with Crippen molar-refractivity contribution in [1.29, 1.82) is 0 Å². The molecular formula is C6H9NO2. The quantitative estimate of drug-likeness (QED) is 0.385. The Morgan fingerprint density at radius 3 is 2.89 bits per heavy atom. The van der Waals surface area contributed by atoms with Crippen LogP contribution in [0.5, 0.6) is 0 Å². The predicted molar refractivity (Wildman–Crippen MR) is 32.8 cm³/mol. The van der Waals surface area contributed by atoms with Gasteiger partial charge in [0.2, 0.25) is 0 Å². The van der Waals surface area contributed by atoms with Gasteiger partial charge in [-0.3, -0.25) is 4.79 Å². The Labute approximate surface area is 53.4 Å². The Bertz CT molecular complexity index is 142. The van der Waals surface area contributed by atoms with Gasteiger partial charge in [0.05, 0.1) is 6.04 Å². The summed E-state index contributed by atoms with van der Waals surface area (Å²) in [4.78, 5) is 10.3. The fraction of sp³-hybridized carbons (Fsp3) is 0.500. The Morgan fingerprint density at radius 1 is 1.89 bits per heavy atom. The molecule has 0 aromatic carbocycles. The SMILES string of the molecule is C=CC[C@@H]1NC(=O)[C@@H]1O. The fourth-order valence-corrected chi connectivity index (χ4v) is 0.801. The van der Waals surface area contributed by atoms with Crippen molar-refractivity contribution in [3.8, 4) is 0 Å². The third kappa shape index (κ3) is 0.954. The van der Waals surface area contributed by atoms with Crippen LogP contribution in [0.4, 0.5) is 0 Å². The Hall–Kier alpha value is -0.830. The summed E-state index contributed by atoms with van der Waals surface area (Å²) >= 11 is 0. The number of β-lactam (4-membered cyclic amide) rings is 1. The normalized spacial score (nSPS) is 32.8. The Morgan fingerprint density at radius 2 is 2.56 bits per heavy atom. The van der Waals surface area contributed by atoms with Gasteiger partial charge in [0.25, 0.3) is 5.91 Å². The molecule has 1 rings (SSSR count). The number of hydrogen-bond donors (Lipinski definition) is 2. The van der Waals surface area contributed by atoms with Crippen LogP contribution in [0.2, 0.25) is 0 Å². The van der Waals surface area contributed by atoms with Crippen LogP contribution in [0.1, 0.15) is 6.42 Å². The molecule has 0 aromatic rings. The molecule has 2 N–H and O–H groups in total. The number of hydrogen-bond acceptors (Lipinski definition) is 2. The standard InChI is InChI=1S/C6H9NO2/c1-2-3-4-5(8)6(9)7-4/h2,4-5,8H,1,3H2,(H,7,9)/t4-,5+/m0/s1. The van der Waals surface area contributed by atoms with E-state index < -0.39 is 6.10 Å². The van der Waals surface area contributed by atoms with Crippen molar-refractivity contribution >= 4 is 5.91 Å². The van der Waals surface area contributed by atoms with Gasteiger partial charge in [-0.05, 0) is 6.42 Å². The maximum atomic E-state index is 10.3. The highest BCUT2D eigenvalue weighted by molar-refractivity contribution is 5.87. The number of aliphatic hydroxyl groups excluding tert-OH is 1. The molecule has 9 heavy (non-hydrogen) atoms. The average molecular weight is 127 g/mol. The molecule has 1 aliphatic heterocycles. The van der Waals surface area contributed by atoms with Crippen molar-refractivity contribution in [2.45, 2.75) is 18.6 Å². The molecule has 3 nitrogen and oxygen atoms in total. The highest BCUT2D eigenvalue weighted by Gasteiger charge is 2.35. The van der Waals surface area contributed by atoms with E-state index >= 15 is 0 Å². The number of carbonyl (C=O) groups excluding carboxylic acids is 1. The van der Waals surface area contributed by atoms with Crippen LogP contribution in [-0.2, 0) is 4.79 Å². The van der Waals surface area contributed by atoms with Gasteiger partial charge in [-0.2, -0.15) is 0 Å². The lowest BCUT2D eigenvalue weighted by atomic mass is 9.99. The first kappa shape index (κ1) is 6.29. The van der Waals surface area contributed by atoms with Crippen LogP contribution in [0.3, 0.4) is 0 Å². The molecule has 0 unspecified atom stereocenters. The van der Waals surface area contributed by atoms with Crippen LogP contribution in [0.25, 0.3) is 0 Å². The maximum absolute atomic E-state index is 10.3. The van der Waals surface area contributed by atoms with Gasteiger partial charge in [-0.25, -0.2) is 0 Å². The number of nitrogens with one attached hydrogen (secondary N) is 1. The van der Waals surface area contributed by atoms with E-state index in [1.165, 1.54) is 0 Å². The van der Waals surface area contributed by atoms with Crippen LogP contribution in [0, 0.1) is 0 Å². The highest BCUT2D eigenvalue weighted by Crippen LogP contribution is 2.09. The Balaban J connectivity index is 2.32. The summed E-state index contributed by atoms with van der Waals surface area (Å²) in [6.07, 6.45) is 1.52. The average Bonchev–Trinajstić information content (AvgIpc) is 1.88. The third-order valence-corrected chi connectivity index (χ3v) is 1.40. The second-order valence-corrected chi connectivity index (χ2v) is 2.08. The Kier molecular flexibility index (Phi) is 1.53. The zero-order chi connectivity index (χ0) is 6.85. The summed E-state index contributed by atoms with van der Waals surface area (Å²) in [6.45, 7) is 3.48. The van der Waals surface area contributed by atoms with Gasteiger partial charge in [0.15, 0.2) is 6.10 Å². The lowest BCUT2D eigenvalue weighted by Gasteiger charge is -2.31. The number of aliphatic hydroxyl groups is 1. The zero-order valence-corrected chi connectivity index (χ0v) is 5.00. The van der Waals surface area contributed by atoms with Crippen LogP contribution < -0.4 is 5.32 Å². The van der Waals surface area contributed by atoms with Crippen LogP contribution in [0.15, 0.2) is 12.7 Å². The number of carbonyl (C=O) groups is 1. The van der Waals surface area contributed by atoms with Gasteiger partial charge < -0.3 is 10.4 Å². The molecule has 0 spiro atoms. The van der Waals surface area contributed by atoms with Gasteiger partial charge >= 0.3 is 0 Å². The molecule has 0 aromatic heterocycles. The minimum atomic E-state index is -0.803. The predicted octanol–water partition coefficient (Wildman–Crippen LogP) is -0.578. The van der Waals surface area contributed by atoms with E-state index in [2.05, 4.69) is 11.9 Å². The van der Waals surface area contributed by atoms with Gasteiger partial charge in [-0.15, -0.1) is 6.58 Å². The topological polar surface area (TPSA) is 49.3 Å². The molecule has 1 fully saturated rings. The first-order valence-electron chi connectivity index (χ1n) is 2.85. The molecule has 50 valence electrons. The molecule has 1 amide bonds. The van der Waals surface area contributed by atoms with Crippen LogP contribution in [-0.4, -0.2) is 23.2 Å². The molecule has 0 aliphatic carbocycles. The second-order valence-electron chi connectivity index (χ2n) is 2.08. The molecule has 1 saturated heterocycles. The van der Waals surface area contributed by atoms with Crippen molar-refractivity contribution in [3.63, 3.8) is 0 Å². The first-order chi connectivity index (χ1) is 4.25. The summed E-state index contributed by atoms with van der Waals surface area (Å²) < 4.78 is 0. The van der Waals surface area contributed by atoms with E-state index in [0.717, 1.165) is 0 Å². The maximum Gasteiger partial charge on any atom is 0.251 e. The smallest absolute Gasteiger partial charge is 0.251 e. The third-order valence-electron chi connectivity index (χ3n) is 1.40. The minimum absolute atomic E-state index is 0.0880. The van der Waals surface area contributed by atoms with E-state index in [4.69, 9.17) is 5.11 Å². The van der Waals surface area contributed by atoms with Gasteiger partial charge in [-0.1, -0.05) is 6.08 Å². The van der Waals surface area contributed by atoms with Crippen molar-refractivity contribution in [3.05, 3.63) is 12.7 Å². The molecular weight excluding hydrogens is 118 g/mol. The van der Waals surface area contributed by atoms with E-state index in [1.807, 2.05) is 0 Å². The first-order valence-corrected chi connectivity index (χ1v) is 2.85. The fourth-order valence-electron chi connectivity index (χ4n) is 0.801. The molecule has 0 saturated carbocycles. The summed E-state index contributed by atoms with van der Waals surface area (Å²) in [5.74, 6) is -0.276. The number of rotatable bonds is 2. The molecule has 1 aliphatic rings. The largest absolute Gasteiger partial charge is 0.381 e. The van der Waals surface area contributed by atoms with E-state index in [9.17, 15) is 4.79 Å². The molecule has 1 heterocycles. The molecule has 0 bridgehead atoms. The van der Waals surface area contributed by atoms with Gasteiger partial charge in [0.1, 0.15) is 0 Å². The highest BCUT2D eigenvalue weighted by atomic mass is 16.3. The zero-order valence-electron chi connectivity index (χ0n) is 5.00. The minimum Gasteiger partial charge on any atom is -0.381 e. The van der Waals surface area contributed by atoms with E-state index in [0.29, 0.717) is 6.42 Å². The van der Waals surface area contributed by atoms with Crippen molar-refractivity contribution in [1.82, 2.24) is 5.32 Å². The monoisotopic (exact) mass is 127 g/mol. The lowest BCUT2D eigenvalue weighted by molar-refractivity contribution is -0.142. The van der Waals surface area contributed by atoms with E-state index in [-0.39, 0.29) is 11.9 Å². The lowest BCUT2D eigenvalue weighted by Crippen LogP contribution is -2.61. The van der Waals surface area contributed by atoms with Crippen molar-refractivity contribution in [2.24, 2.45) is 0 Å². The molecule has 2 atom stereocenters. The van der Waals surface area contributed by atoms with Crippen molar-refractivity contribution in [2.75, 3.05) is 0 Å².